The molecule has 0 fully saturated rings. The van der Waals surface area contributed by atoms with Crippen LogP contribution in [0.3, 0.4) is 0 Å². The van der Waals surface area contributed by atoms with Crippen LogP contribution in [0.25, 0.3) is 0 Å². The fourth-order valence-electron chi connectivity index (χ4n) is 1.40. The summed E-state index contributed by atoms with van der Waals surface area (Å²) in [6, 6.07) is 7.16. The normalized spacial score (nSPS) is 12.1. The highest BCUT2D eigenvalue weighted by Gasteiger charge is 2.26. The Balaban J connectivity index is 2.28. The summed E-state index contributed by atoms with van der Waals surface area (Å²) in [5.41, 5.74) is 0. The molecule has 1 unspecified atom stereocenters. The number of thiophene rings is 2. The molecule has 0 radical (unpaired) electrons. The summed E-state index contributed by atoms with van der Waals surface area (Å²) in [5, 5.41) is 3.68. The van der Waals surface area contributed by atoms with Crippen molar-refractivity contribution in [3.05, 3.63) is 44.8 Å². The summed E-state index contributed by atoms with van der Waals surface area (Å²) < 4.78 is 5.11. The molecule has 3 nitrogen and oxygen atoms in total. The number of hydrogen-bond donors (Lipinski definition) is 0. The first-order valence-electron chi connectivity index (χ1n) is 4.97. The second-order valence-electron chi connectivity index (χ2n) is 3.35. The largest absolute Gasteiger partial charge is 0.448 e. The number of carbonyl (C=O) groups is 2. The highest BCUT2D eigenvalue weighted by Crippen LogP contribution is 2.28. The van der Waals surface area contributed by atoms with Crippen LogP contribution < -0.4 is 0 Å². The van der Waals surface area contributed by atoms with Crippen molar-refractivity contribution >= 4 is 34.4 Å². The molecule has 5 heteroatoms. The van der Waals surface area contributed by atoms with Crippen molar-refractivity contribution in [1.82, 2.24) is 0 Å². The predicted molar refractivity (Wildman–Crippen MR) is 67.5 cm³/mol. The average molecular weight is 266 g/mol. The highest BCUT2D eigenvalue weighted by molar-refractivity contribution is 7.12. The first-order valence-corrected chi connectivity index (χ1v) is 6.73. The molecule has 2 aromatic heterocycles. The first-order chi connectivity index (χ1) is 8.18. The third-order valence-electron chi connectivity index (χ3n) is 2.09. The summed E-state index contributed by atoms with van der Waals surface area (Å²) in [4.78, 5) is 24.6. The number of carbonyl (C=O) groups excluding carboxylic acids is 2. The zero-order chi connectivity index (χ0) is 12.3. The van der Waals surface area contributed by atoms with E-state index in [1.807, 2.05) is 16.8 Å². The van der Waals surface area contributed by atoms with Gasteiger partial charge in [0.25, 0.3) is 0 Å². The monoisotopic (exact) mass is 266 g/mol. The zero-order valence-electron chi connectivity index (χ0n) is 9.08. The Morgan fingerprint density at radius 1 is 1.18 bits per heavy atom. The van der Waals surface area contributed by atoms with E-state index in [4.69, 9.17) is 4.74 Å². The third kappa shape index (κ3) is 2.81. The van der Waals surface area contributed by atoms with Gasteiger partial charge in [0.1, 0.15) is 0 Å². The van der Waals surface area contributed by atoms with E-state index in [-0.39, 0.29) is 5.78 Å². The quantitative estimate of drug-likeness (QED) is 0.630. The van der Waals surface area contributed by atoms with Crippen molar-refractivity contribution in [3.8, 4) is 0 Å². The Hall–Kier alpha value is -1.46. The van der Waals surface area contributed by atoms with Crippen LogP contribution in [0.1, 0.15) is 27.6 Å². The molecular weight excluding hydrogens is 256 g/mol. The Morgan fingerprint density at radius 3 is 2.41 bits per heavy atom. The first kappa shape index (κ1) is 12.0. The van der Waals surface area contributed by atoms with Crippen molar-refractivity contribution in [3.63, 3.8) is 0 Å². The molecule has 2 heterocycles. The summed E-state index contributed by atoms with van der Waals surface area (Å²) in [7, 11) is 0. The molecule has 0 aliphatic heterocycles. The fourth-order valence-corrected chi connectivity index (χ4v) is 2.83. The number of esters is 1. The Morgan fingerprint density at radius 2 is 1.88 bits per heavy atom. The van der Waals surface area contributed by atoms with Gasteiger partial charge in [0.05, 0.1) is 9.75 Å². The third-order valence-corrected chi connectivity index (χ3v) is 3.89. The SMILES string of the molecule is CC(=O)OC(C(=O)c1cccs1)c1cccs1. The minimum Gasteiger partial charge on any atom is -0.448 e. The maximum Gasteiger partial charge on any atom is 0.303 e. The molecule has 0 aromatic carbocycles. The molecular formula is C12H10O3S2. The van der Waals surface area contributed by atoms with Crippen LogP contribution in [0.4, 0.5) is 0 Å². The van der Waals surface area contributed by atoms with Crippen LogP contribution in [-0.2, 0) is 9.53 Å². The van der Waals surface area contributed by atoms with Gasteiger partial charge in [-0.25, -0.2) is 0 Å². The maximum atomic E-state index is 12.2. The molecule has 0 spiro atoms. The van der Waals surface area contributed by atoms with E-state index in [0.29, 0.717) is 4.88 Å². The van der Waals surface area contributed by atoms with Gasteiger partial charge >= 0.3 is 5.97 Å². The molecule has 0 aliphatic rings. The molecule has 2 aromatic rings. The number of ketones is 1. The van der Waals surface area contributed by atoms with E-state index < -0.39 is 12.1 Å². The van der Waals surface area contributed by atoms with Gasteiger partial charge < -0.3 is 4.74 Å². The molecule has 0 N–H and O–H groups in total. The van der Waals surface area contributed by atoms with E-state index in [9.17, 15) is 9.59 Å². The standard InChI is InChI=1S/C12H10O3S2/c1-8(13)15-12(10-5-3-7-17-10)11(14)9-4-2-6-16-9/h2-7,12H,1H3. The van der Waals surface area contributed by atoms with Crippen molar-refractivity contribution in [1.29, 1.82) is 0 Å². The molecule has 0 amide bonds. The van der Waals surface area contributed by atoms with Gasteiger partial charge in [-0.15, -0.1) is 22.7 Å². The second-order valence-corrected chi connectivity index (χ2v) is 5.27. The van der Waals surface area contributed by atoms with E-state index in [2.05, 4.69) is 0 Å². The van der Waals surface area contributed by atoms with Crippen LogP contribution in [0.15, 0.2) is 35.0 Å². The van der Waals surface area contributed by atoms with Gasteiger partial charge in [-0.1, -0.05) is 12.1 Å². The maximum absolute atomic E-state index is 12.2. The van der Waals surface area contributed by atoms with Crippen molar-refractivity contribution in [2.24, 2.45) is 0 Å². The molecule has 1 atom stereocenters. The summed E-state index contributed by atoms with van der Waals surface area (Å²) in [6.07, 6.45) is -0.814. The lowest BCUT2D eigenvalue weighted by molar-refractivity contribution is -0.144. The molecule has 0 bridgehead atoms. The molecule has 0 aliphatic carbocycles. The van der Waals surface area contributed by atoms with Crippen molar-refractivity contribution in [2.45, 2.75) is 13.0 Å². The van der Waals surface area contributed by atoms with Crippen molar-refractivity contribution in [2.75, 3.05) is 0 Å². The van der Waals surface area contributed by atoms with Gasteiger partial charge in [-0.2, -0.15) is 0 Å². The minimum absolute atomic E-state index is 0.169. The lowest BCUT2D eigenvalue weighted by Crippen LogP contribution is -2.16. The van der Waals surface area contributed by atoms with E-state index >= 15 is 0 Å². The van der Waals surface area contributed by atoms with Gasteiger partial charge in [0, 0.05) is 6.92 Å². The van der Waals surface area contributed by atoms with Crippen LogP contribution in [0.5, 0.6) is 0 Å². The average Bonchev–Trinajstić information content (AvgIpc) is 2.96. The lowest BCUT2D eigenvalue weighted by Gasteiger charge is -2.13. The summed E-state index contributed by atoms with van der Waals surface area (Å²) in [6.45, 7) is 1.31. The van der Waals surface area contributed by atoms with Crippen LogP contribution in [0, 0.1) is 0 Å². The van der Waals surface area contributed by atoms with Crippen LogP contribution in [-0.4, -0.2) is 11.8 Å². The number of ether oxygens (including phenoxy) is 1. The van der Waals surface area contributed by atoms with Gasteiger partial charge in [-0.3, -0.25) is 9.59 Å². The minimum atomic E-state index is -0.814. The van der Waals surface area contributed by atoms with Gasteiger partial charge in [0.15, 0.2) is 6.10 Å². The summed E-state index contributed by atoms with van der Waals surface area (Å²) in [5.74, 6) is -0.619. The lowest BCUT2D eigenvalue weighted by atomic mass is 10.1. The Kier molecular flexibility index (Phi) is 3.71. The van der Waals surface area contributed by atoms with Crippen molar-refractivity contribution < 1.29 is 14.3 Å². The molecule has 0 saturated carbocycles. The number of Topliss-reactive ketones (excluding diaryl/α,β-unsaturated/α-hetero) is 1. The van der Waals surface area contributed by atoms with Gasteiger partial charge in [-0.05, 0) is 22.9 Å². The van der Waals surface area contributed by atoms with E-state index in [1.54, 1.807) is 18.2 Å². The van der Waals surface area contributed by atoms with Gasteiger partial charge in [0.2, 0.25) is 5.78 Å². The molecule has 17 heavy (non-hydrogen) atoms. The van der Waals surface area contributed by atoms with Crippen LogP contribution >= 0.6 is 22.7 Å². The molecule has 0 saturated heterocycles. The second kappa shape index (κ2) is 5.25. The number of rotatable bonds is 4. The highest BCUT2D eigenvalue weighted by atomic mass is 32.1. The smallest absolute Gasteiger partial charge is 0.303 e. The Bertz CT molecular complexity index is 500. The predicted octanol–water partition coefficient (Wildman–Crippen LogP) is 3.30. The zero-order valence-corrected chi connectivity index (χ0v) is 10.7. The Labute approximate surface area is 107 Å². The summed E-state index contributed by atoms with van der Waals surface area (Å²) >= 11 is 2.75. The van der Waals surface area contributed by atoms with E-state index in [0.717, 1.165) is 4.88 Å². The molecule has 2 rings (SSSR count). The van der Waals surface area contributed by atoms with Crippen LogP contribution in [0.2, 0.25) is 0 Å². The van der Waals surface area contributed by atoms with E-state index in [1.165, 1.54) is 29.6 Å². The number of hydrogen-bond acceptors (Lipinski definition) is 5. The fraction of sp³-hybridized carbons (Fsp3) is 0.167. The molecule has 88 valence electrons. The topological polar surface area (TPSA) is 43.4 Å².